The van der Waals surface area contributed by atoms with E-state index < -0.39 is 9.84 Å². The lowest BCUT2D eigenvalue weighted by Crippen LogP contribution is -2.42. The van der Waals surface area contributed by atoms with E-state index in [2.05, 4.69) is 5.32 Å². The highest BCUT2D eigenvalue weighted by Crippen LogP contribution is 2.16. The maximum absolute atomic E-state index is 12.1. The molecule has 1 aromatic rings. The minimum Gasteiger partial charge on any atom is -0.494 e. The fraction of sp³-hybridized carbons (Fsp3) is 0.562. The number of ether oxygens (including phenoxy) is 1. The molecule has 1 amide bonds. The molecule has 0 radical (unpaired) electrons. The minimum atomic E-state index is -3.18. The SMILES string of the molecule is CN(CCCOc1ccc(S(C)(=O)=O)cc1)C(=O)C1CCCN1.Cl. The molecule has 0 aromatic heterocycles. The lowest BCUT2D eigenvalue weighted by atomic mass is 10.2. The molecule has 1 aromatic carbocycles. The first-order valence-corrected chi connectivity index (χ1v) is 9.68. The van der Waals surface area contributed by atoms with Gasteiger partial charge in [-0.15, -0.1) is 12.4 Å². The van der Waals surface area contributed by atoms with Gasteiger partial charge in [0.2, 0.25) is 5.91 Å². The van der Waals surface area contributed by atoms with E-state index in [0.29, 0.717) is 18.9 Å². The first-order valence-electron chi connectivity index (χ1n) is 7.79. The van der Waals surface area contributed by atoms with Gasteiger partial charge >= 0.3 is 0 Å². The monoisotopic (exact) mass is 376 g/mol. The molecule has 2 rings (SSSR count). The second kappa shape index (κ2) is 9.25. The van der Waals surface area contributed by atoms with Crippen LogP contribution < -0.4 is 10.1 Å². The Hall–Kier alpha value is -1.31. The van der Waals surface area contributed by atoms with Crippen LogP contribution in [0.3, 0.4) is 0 Å². The summed E-state index contributed by atoms with van der Waals surface area (Å²) < 4.78 is 28.3. The van der Waals surface area contributed by atoms with E-state index in [4.69, 9.17) is 4.74 Å². The largest absolute Gasteiger partial charge is 0.494 e. The second-order valence-corrected chi connectivity index (χ2v) is 7.87. The Balaban J connectivity index is 0.00000288. The van der Waals surface area contributed by atoms with E-state index in [1.165, 1.54) is 18.4 Å². The first-order chi connectivity index (χ1) is 10.9. The third kappa shape index (κ3) is 5.96. The molecule has 1 unspecified atom stereocenters. The van der Waals surface area contributed by atoms with Crippen molar-refractivity contribution in [3.8, 4) is 5.75 Å². The van der Waals surface area contributed by atoms with Crippen molar-refractivity contribution in [2.45, 2.75) is 30.2 Å². The van der Waals surface area contributed by atoms with Crippen LogP contribution >= 0.6 is 12.4 Å². The molecule has 0 aliphatic carbocycles. The Bertz CT molecular complexity index is 628. The number of carbonyl (C=O) groups excluding carboxylic acids is 1. The maximum atomic E-state index is 12.1. The lowest BCUT2D eigenvalue weighted by Gasteiger charge is -2.21. The number of rotatable bonds is 7. The molecule has 0 bridgehead atoms. The number of likely N-dealkylation sites (N-methyl/N-ethyl adjacent to an activating group) is 1. The van der Waals surface area contributed by atoms with Gasteiger partial charge in [0.15, 0.2) is 9.84 Å². The Kier molecular flexibility index (Phi) is 7.99. The van der Waals surface area contributed by atoms with Crippen molar-refractivity contribution < 1.29 is 17.9 Å². The Morgan fingerprint density at radius 1 is 1.33 bits per heavy atom. The minimum absolute atomic E-state index is 0. The molecule has 1 atom stereocenters. The van der Waals surface area contributed by atoms with Crippen LogP contribution in [0.15, 0.2) is 29.2 Å². The van der Waals surface area contributed by atoms with Gasteiger partial charge < -0.3 is 15.0 Å². The van der Waals surface area contributed by atoms with Crippen LogP contribution in [0.4, 0.5) is 0 Å². The smallest absolute Gasteiger partial charge is 0.239 e. The number of hydrogen-bond donors (Lipinski definition) is 1. The number of sulfone groups is 1. The Labute approximate surface area is 149 Å². The van der Waals surface area contributed by atoms with Gasteiger partial charge in [-0.1, -0.05) is 0 Å². The number of halogens is 1. The molecule has 0 spiro atoms. The number of hydrogen-bond acceptors (Lipinski definition) is 5. The van der Waals surface area contributed by atoms with Gasteiger partial charge in [0.05, 0.1) is 17.5 Å². The van der Waals surface area contributed by atoms with Crippen LogP contribution in [0.1, 0.15) is 19.3 Å². The molecule has 8 heteroatoms. The fourth-order valence-electron chi connectivity index (χ4n) is 2.55. The van der Waals surface area contributed by atoms with Crippen LogP contribution in [-0.2, 0) is 14.6 Å². The number of benzene rings is 1. The van der Waals surface area contributed by atoms with Crippen molar-refractivity contribution in [1.82, 2.24) is 10.2 Å². The first kappa shape index (κ1) is 20.7. The van der Waals surface area contributed by atoms with Crippen LogP contribution in [0, 0.1) is 0 Å². The molecule has 1 aliphatic rings. The number of amides is 1. The summed E-state index contributed by atoms with van der Waals surface area (Å²) in [5.74, 6) is 0.767. The highest BCUT2D eigenvalue weighted by molar-refractivity contribution is 7.90. The zero-order chi connectivity index (χ0) is 16.9. The van der Waals surface area contributed by atoms with Crippen molar-refractivity contribution in [2.75, 3.05) is 33.0 Å². The molecular weight excluding hydrogens is 352 g/mol. The van der Waals surface area contributed by atoms with E-state index in [1.54, 1.807) is 17.0 Å². The predicted octanol–water partition coefficient (Wildman–Crippen LogP) is 1.49. The standard InChI is InChI=1S/C16H24N2O4S.ClH/c1-18(16(19)15-5-3-10-17-15)11-4-12-22-13-6-8-14(9-7-13)23(2,20)21;/h6-9,15,17H,3-5,10-12H2,1-2H3;1H. The third-order valence-electron chi connectivity index (χ3n) is 3.89. The number of nitrogens with one attached hydrogen (secondary N) is 1. The van der Waals surface area contributed by atoms with Crippen molar-refractivity contribution >= 4 is 28.2 Å². The van der Waals surface area contributed by atoms with Gasteiger partial charge in [0.1, 0.15) is 5.75 Å². The van der Waals surface area contributed by atoms with Gasteiger partial charge in [-0.05, 0) is 50.1 Å². The summed E-state index contributed by atoms with van der Waals surface area (Å²) in [5, 5.41) is 3.20. The topological polar surface area (TPSA) is 75.7 Å². The molecular formula is C16H25ClN2O4S. The predicted molar refractivity (Wildman–Crippen MR) is 95.6 cm³/mol. The van der Waals surface area contributed by atoms with Crippen molar-refractivity contribution in [2.24, 2.45) is 0 Å². The summed E-state index contributed by atoms with van der Waals surface area (Å²) in [7, 11) is -1.37. The quantitative estimate of drug-likeness (QED) is 0.730. The summed E-state index contributed by atoms with van der Waals surface area (Å²) in [6.45, 7) is 2.03. The molecule has 6 nitrogen and oxygen atoms in total. The van der Waals surface area contributed by atoms with Crippen LogP contribution in [0.5, 0.6) is 5.75 Å². The zero-order valence-electron chi connectivity index (χ0n) is 14.0. The van der Waals surface area contributed by atoms with Gasteiger partial charge in [0.25, 0.3) is 0 Å². The molecule has 1 aliphatic heterocycles. The average molecular weight is 377 g/mol. The molecule has 1 heterocycles. The van der Waals surface area contributed by atoms with Gasteiger partial charge in [0, 0.05) is 19.8 Å². The Morgan fingerprint density at radius 2 is 2.00 bits per heavy atom. The zero-order valence-corrected chi connectivity index (χ0v) is 15.7. The van der Waals surface area contributed by atoms with Crippen LogP contribution in [-0.4, -0.2) is 58.3 Å². The van der Waals surface area contributed by atoms with E-state index >= 15 is 0 Å². The van der Waals surface area contributed by atoms with Crippen molar-refractivity contribution in [1.29, 1.82) is 0 Å². The highest BCUT2D eigenvalue weighted by atomic mass is 35.5. The fourth-order valence-corrected chi connectivity index (χ4v) is 3.18. The van der Waals surface area contributed by atoms with Crippen molar-refractivity contribution in [3.05, 3.63) is 24.3 Å². The summed E-state index contributed by atoms with van der Waals surface area (Å²) in [4.78, 5) is 14.1. The lowest BCUT2D eigenvalue weighted by molar-refractivity contribution is -0.131. The summed E-state index contributed by atoms with van der Waals surface area (Å²) >= 11 is 0. The summed E-state index contributed by atoms with van der Waals surface area (Å²) in [6, 6.07) is 6.32. The highest BCUT2D eigenvalue weighted by Gasteiger charge is 2.24. The molecule has 0 saturated carbocycles. The third-order valence-corrected chi connectivity index (χ3v) is 5.02. The van der Waals surface area contributed by atoms with Gasteiger partial charge in [-0.2, -0.15) is 0 Å². The van der Waals surface area contributed by atoms with Crippen LogP contribution in [0.2, 0.25) is 0 Å². The number of nitrogens with zero attached hydrogens (tertiary/aromatic N) is 1. The van der Waals surface area contributed by atoms with E-state index in [1.807, 2.05) is 7.05 Å². The molecule has 24 heavy (non-hydrogen) atoms. The van der Waals surface area contributed by atoms with Crippen LogP contribution in [0.25, 0.3) is 0 Å². The van der Waals surface area contributed by atoms with Gasteiger partial charge in [-0.3, -0.25) is 4.79 Å². The number of carbonyl (C=O) groups is 1. The summed E-state index contributed by atoms with van der Waals surface area (Å²) in [5.41, 5.74) is 0. The second-order valence-electron chi connectivity index (χ2n) is 5.85. The molecule has 1 saturated heterocycles. The van der Waals surface area contributed by atoms with Crippen molar-refractivity contribution in [3.63, 3.8) is 0 Å². The van der Waals surface area contributed by atoms with E-state index in [-0.39, 0.29) is 29.3 Å². The molecule has 136 valence electrons. The van der Waals surface area contributed by atoms with E-state index in [0.717, 1.165) is 25.8 Å². The van der Waals surface area contributed by atoms with Gasteiger partial charge in [-0.25, -0.2) is 8.42 Å². The molecule has 1 fully saturated rings. The normalized spacial score (nSPS) is 17.2. The van der Waals surface area contributed by atoms with E-state index in [9.17, 15) is 13.2 Å². The summed E-state index contributed by atoms with van der Waals surface area (Å²) in [6.07, 6.45) is 3.86. The Morgan fingerprint density at radius 3 is 2.54 bits per heavy atom. The molecule has 1 N–H and O–H groups in total. The average Bonchev–Trinajstić information content (AvgIpc) is 3.04. The maximum Gasteiger partial charge on any atom is 0.239 e.